The zero-order valence-corrected chi connectivity index (χ0v) is 28.4. The molecular formula is C32H37N5O12S. The van der Waals surface area contributed by atoms with E-state index in [0.29, 0.717) is 17.1 Å². The Balaban J connectivity index is 1.27. The smallest absolute Gasteiger partial charge is 0.338 e. The van der Waals surface area contributed by atoms with Crippen molar-refractivity contribution < 1.29 is 58.1 Å². The first kappa shape index (κ1) is 36.4. The van der Waals surface area contributed by atoms with Crippen LogP contribution in [0, 0.1) is 0 Å². The van der Waals surface area contributed by atoms with Crippen molar-refractivity contribution in [1.82, 2.24) is 19.5 Å². The van der Waals surface area contributed by atoms with Gasteiger partial charge in [0, 0.05) is 5.75 Å². The van der Waals surface area contributed by atoms with Gasteiger partial charge in [-0.25, -0.2) is 24.5 Å². The Morgan fingerprint density at radius 3 is 2.30 bits per heavy atom. The molecule has 17 nitrogen and oxygen atoms in total. The quantitative estimate of drug-likeness (QED) is 0.101. The predicted molar refractivity (Wildman–Crippen MR) is 177 cm³/mol. The molecular weight excluding hydrogens is 678 g/mol. The predicted octanol–water partition coefficient (Wildman–Crippen LogP) is 1.62. The molecule has 5 atom stereocenters. The summed E-state index contributed by atoms with van der Waals surface area (Å²) in [5.41, 5.74) is 6.95. The number of nitrogens with zero attached hydrogens (tertiary/aromatic N) is 4. The lowest BCUT2D eigenvalue weighted by molar-refractivity contribution is -0.0597. The van der Waals surface area contributed by atoms with Crippen LogP contribution in [0.4, 0.5) is 5.82 Å². The highest BCUT2D eigenvalue weighted by Gasteiger charge is 2.46. The molecule has 18 heteroatoms. The van der Waals surface area contributed by atoms with Crippen molar-refractivity contribution in [2.24, 2.45) is 0 Å². The fourth-order valence-corrected chi connectivity index (χ4v) is 5.99. The van der Waals surface area contributed by atoms with Gasteiger partial charge in [0.25, 0.3) is 0 Å². The summed E-state index contributed by atoms with van der Waals surface area (Å²) < 4.78 is 39.4. The van der Waals surface area contributed by atoms with Crippen molar-refractivity contribution in [3.05, 3.63) is 53.9 Å². The number of anilines is 1. The number of thioether (sulfide) groups is 1. The lowest BCUT2D eigenvalue weighted by Crippen LogP contribution is -2.34. The minimum absolute atomic E-state index is 0.0645. The van der Waals surface area contributed by atoms with E-state index >= 15 is 0 Å². The van der Waals surface area contributed by atoms with E-state index in [0.717, 1.165) is 11.8 Å². The number of hydrogen-bond acceptors (Lipinski definition) is 17. The van der Waals surface area contributed by atoms with Gasteiger partial charge in [-0.1, -0.05) is 11.8 Å². The standard InChI is InChI=1S/C32H37N5O12S/c1-5-46-30(41)16-6-8-19(9-7-16)47-12-18(38)14-50-32-36-23-27(33)34-15-35-28(23)37(32)29-25(40)24(39)22(49-29)13-48-31(42)17-10-20(43-2)26(45-4)21(11-17)44-3/h6-11,15,18,22,24-25,29,38-40H,5,12-14H2,1-4H3,(H2,33,34,35)/t18-,22+,24+,25+,29+/m0/s1. The molecule has 0 spiro atoms. The average Bonchev–Trinajstić information content (AvgIpc) is 3.64. The molecule has 2 aromatic heterocycles. The van der Waals surface area contributed by atoms with Crippen LogP contribution in [-0.4, -0.2) is 118 Å². The lowest BCUT2D eigenvalue weighted by atomic mass is 10.1. The molecule has 0 saturated carbocycles. The van der Waals surface area contributed by atoms with Crippen molar-refractivity contribution in [2.75, 3.05) is 52.6 Å². The van der Waals surface area contributed by atoms with E-state index in [1.807, 2.05) is 0 Å². The number of rotatable bonds is 15. The van der Waals surface area contributed by atoms with Gasteiger partial charge in [-0.3, -0.25) is 4.57 Å². The van der Waals surface area contributed by atoms with E-state index in [1.54, 1.807) is 31.2 Å². The number of hydrogen-bond donors (Lipinski definition) is 4. The van der Waals surface area contributed by atoms with Gasteiger partial charge in [-0.2, -0.15) is 0 Å². The zero-order valence-electron chi connectivity index (χ0n) is 27.5. The van der Waals surface area contributed by atoms with Gasteiger partial charge in [-0.05, 0) is 43.3 Å². The van der Waals surface area contributed by atoms with Crippen molar-refractivity contribution in [3.8, 4) is 23.0 Å². The SMILES string of the molecule is CCOC(=O)c1ccc(OC[C@H](O)CSc2nc3c(N)ncnc3n2[C@@H]2O[C@H](COC(=O)c3cc(OC)c(OC)c(OC)c3)[C@@H](O)[C@H]2O)cc1. The van der Waals surface area contributed by atoms with E-state index in [2.05, 4.69) is 15.0 Å². The van der Waals surface area contributed by atoms with Gasteiger partial charge in [0.05, 0.1) is 45.2 Å². The molecule has 1 fully saturated rings. The average molecular weight is 716 g/mol. The number of aliphatic hydroxyl groups excluding tert-OH is 3. The van der Waals surface area contributed by atoms with Gasteiger partial charge in [0.2, 0.25) is 5.75 Å². The first-order chi connectivity index (χ1) is 24.1. The summed E-state index contributed by atoms with van der Waals surface area (Å²) in [5.74, 6) is 0.140. The first-order valence-electron chi connectivity index (χ1n) is 15.3. The van der Waals surface area contributed by atoms with Crippen LogP contribution in [0.15, 0.2) is 47.9 Å². The largest absolute Gasteiger partial charge is 0.493 e. The molecule has 5 N–H and O–H groups in total. The highest BCUT2D eigenvalue weighted by Crippen LogP contribution is 2.39. The molecule has 2 aromatic carbocycles. The minimum atomic E-state index is -1.50. The summed E-state index contributed by atoms with van der Waals surface area (Å²) in [7, 11) is 4.25. The van der Waals surface area contributed by atoms with Crippen molar-refractivity contribution in [3.63, 3.8) is 0 Å². The molecule has 50 heavy (non-hydrogen) atoms. The maximum absolute atomic E-state index is 13.0. The Morgan fingerprint density at radius 2 is 1.66 bits per heavy atom. The van der Waals surface area contributed by atoms with Crippen LogP contribution < -0.4 is 24.7 Å². The molecule has 268 valence electrons. The van der Waals surface area contributed by atoms with Crippen LogP contribution in [0.2, 0.25) is 0 Å². The summed E-state index contributed by atoms with van der Waals surface area (Å²) in [6.45, 7) is 1.46. The number of fused-ring (bicyclic) bond motifs is 1. The number of carbonyl (C=O) groups is 2. The summed E-state index contributed by atoms with van der Waals surface area (Å²) >= 11 is 1.10. The van der Waals surface area contributed by atoms with Crippen LogP contribution >= 0.6 is 11.8 Å². The Morgan fingerprint density at radius 1 is 0.980 bits per heavy atom. The van der Waals surface area contributed by atoms with Crippen molar-refractivity contribution in [1.29, 1.82) is 0 Å². The van der Waals surface area contributed by atoms with Gasteiger partial charge in [0.15, 0.2) is 39.9 Å². The molecule has 3 heterocycles. The number of benzene rings is 2. The maximum atomic E-state index is 13.0. The van der Waals surface area contributed by atoms with E-state index in [9.17, 15) is 24.9 Å². The fraction of sp³-hybridized carbons (Fsp3) is 0.406. The Bertz CT molecular complexity index is 1780. The zero-order chi connectivity index (χ0) is 35.9. The van der Waals surface area contributed by atoms with Crippen LogP contribution in [-0.2, 0) is 14.2 Å². The number of methoxy groups -OCH3 is 3. The first-order valence-corrected chi connectivity index (χ1v) is 16.3. The second-order valence-corrected chi connectivity index (χ2v) is 11.8. The third-order valence-electron chi connectivity index (χ3n) is 7.56. The number of carbonyl (C=O) groups excluding carboxylic acids is 2. The summed E-state index contributed by atoms with van der Waals surface area (Å²) in [6.07, 6.45) is -5.12. The van der Waals surface area contributed by atoms with Crippen molar-refractivity contribution >= 4 is 40.7 Å². The fourth-order valence-electron chi connectivity index (χ4n) is 5.07. The normalized spacial score (nSPS) is 19.2. The van der Waals surface area contributed by atoms with E-state index in [4.69, 9.17) is 38.9 Å². The third kappa shape index (κ3) is 7.79. The van der Waals surface area contributed by atoms with Gasteiger partial charge < -0.3 is 54.2 Å². The van der Waals surface area contributed by atoms with Gasteiger partial charge in [-0.15, -0.1) is 0 Å². The van der Waals surface area contributed by atoms with E-state index < -0.39 is 49.2 Å². The third-order valence-corrected chi connectivity index (χ3v) is 8.65. The van der Waals surface area contributed by atoms with Crippen LogP contribution in [0.25, 0.3) is 11.2 Å². The molecule has 1 aliphatic heterocycles. The monoisotopic (exact) mass is 715 g/mol. The molecule has 0 aliphatic carbocycles. The number of aromatic nitrogens is 4. The molecule has 4 aromatic rings. The molecule has 1 saturated heterocycles. The minimum Gasteiger partial charge on any atom is -0.493 e. The second kappa shape index (κ2) is 16.2. The highest BCUT2D eigenvalue weighted by atomic mass is 32.2. The summed E-state index contributed by atoms with van der Waals surface area (Å²) in [5, 5.41) is 33.0. The summed E-state index contributed by atoms with van der Waals surface area (Å²) in [4.78, 5) is 37.6. The maximum Gasteiger partial charge on any atom is 0.338 e. The van der Waals surface area contributed by atoms with Gasteiger partial charge >= 0.3 is 11.9 Å². The number of esters is 2. The number of nitrogens with two attached hydrogens (primary N) is 1. The number of nitrogen functional groups attached to an aromatic ring is 1. The molecule has 0 radical (unpaired) electrons. The number of aliphatic hydroxyl groups is 3. The van der Waals surface area contributed by atoms with E-state index in [-0.39, 0.29) is 58.2 Å². The lowest BCUT2D eigenvalue weighted by Gasteiger charge is -2.19. The Kier molecular flexibility index (Phi) is 11.8. The summed E-state index contributed by atoms with van der Waals surface area (Å²) in [6, 6.07) is 9.14. The highest BCUT2D eigenvalue weighted by molar-refractivity contribution is 7.99. The molecule has 5 rings (SSSR count). The number of imidazole rings is 1. The molecule has 0 bridgehead atoms. The Labute approximate surface area is 290 Å². The molecule has 0 unspecified atom stereocenters. The van der Waals surface area contributed by atoms with Crippen molar-refractivity contribution in [2.45, 2.75) is 42.7 Å². The second-order valence-electron chi connectivity index (χ2n) is 10.8. The number of ether oxygens (including phenoxy) is 7. The van der Waals surface area contributed by atoms with Crippen LogP contribution in [0.3, 0.4) is 0 Å². The van der Waals surface area contributed by atoms with Gasteiger partial charge in [0.1, 0.15) is 43.6 Å². The molecule has 1 aliphatic rings. The van der Waals surface area contributed by atoms with E-state index in [1.165, 1.54) is 44.4 Å². The molecule has 0 amide bonds. The Hall–Kier alpha value is -4.88. The van der Waals surface area contributed by atoms with Crippen LogP contribution in [0.5, 0.6) is 23.0 Å². The topological polar surface area (TPSA) is 229 Å². The van der Waals surface area contributed by atoms with Crippen LogP contribution in [0.1, 0.15) is 33.9 Å².